The number of carbonyl (C=O) groups excluding carboxylic acids is 1. The van der Waals surface area contributed by atoms with Crippen LogP contribution in [0.5, 0.6) is 5.75 Å². The predicted molar refractivity (Wildman–Crippen MR) is 115 cm³/mol. The van der Waals surface area contributed by atoms with Gasteiger partial charge in [0.25, 0.3) is 10.0 Å². The summed E-state index contributed by atoms with van der Waals surface area (Å²) in [5, 5.41) is 0. The van der Waals surface area contributed by atoms with Gasteiger partial charge in [-0.3, -0.25) is 4.79 Å². The van der Waals surface area contributed by atoms with Crippen molar-refractivity contribution in [3.8, 4) is 16.9 Å². The molecule has 0 aromatic heterocycles. The van der Waals surface area contributed by atoms with Crippen molar-refractivity contribution < 1.29 is 35.5 Å². The molecule has 2 atom stereocenters. The fraction of sp³-hybridized carbons (Fsp3) is 0.435. The molecule has 3 aliphatic rings. The van der Waals surface area contributed by atoms with E-state index < -0.39 is 50.8 Å². The second kappa shape index (κ2) is 8.23. The fourth-order valence-electron chi connectivity index (χ4n) is 5.13. The number of sulfonamides is 1. The fourth-order valence-corrected chi connectivity index (χ4v) is 5.99. The molecule has 2 bridgehead atoms. The molecule has 0 radical (unpaired) electrons. The first-order valence-corrected chi connectivity index (χ1v) is 12.5. The third-order valence-corrected chi connectivity index (χ3v) is 8.05. The Balaban J connectivity index is 1.61. The first-order chi connectivity index (χ1) is 16.1. The minimum absolute atomic E-state index is 0.0882. The summed E-state index contributed by atoms with van der Waals surface area (Å²) in [4.78, 5) is 14.5. The lowest BCUT2D eigenvalue weighted by Gasteiger charge is -2.30. The van der Waals surface area contributed by atoms with Crippen molar-refractivity contribution in [3.05, 3.63) is 53.6 Å². The van der Waals surface area contributed by atoms with Crippen LogP contribution >= 0.6 is 0 Å². The van der Waals surface area contributed by atoms with Crippen LogP contribution in [0, 0.1) is 17.0 Å². The average Bonchev–Trinajstić information content (AvgIpc) is 3.50. The van der Waals surface area contributed by atoms with E-state index in [2.05, 4.69) is 4.72 Å². The number of ether oxygens (including phenoxy) is 1. The number of nitrogens with one attached hydrogen (secondary N) is 1. The van der Waals surface area contributed by atoms with Gasteiger partial charge in [0.15, 0.2) is 11.6 Å². The standard InChI is InChI=1S/C23H22F4N2O4S/c24-16-6-2-5-15-14-4-1-3-13(19(14)25)11-17-21(28-34(31,32)22(26)27)23(8-9-23)12-29(17)18(30)7-10-33-20(15)16/h1-6,17,21-22,28H,7-12H2/t17-,21+/m0/s1. The number of hydrogen-bond donors (Lipinski definition) is 1. The highest BCUT2D eigenvalue weighted by molar-refractivity contribution is 7.89. The summed E-state index contributed by atoms with van der Waals surface area (Å²) in [6.45, 7) is -0.0170. The summed E-state index contributed by atoms with van der Waals surface area (Å²) in [6, 6.07) is 6.81. The van der Waals surface area contributed by atoms with Crippen molar-refractivity contribution in [2.24, 2.45) is 5.41 Å². The largest absolute Gasteiger partial charge is 0.489 e. The maximum atomic E-state index is 15.7. The van der Waals surface area contributed by atoms with E-state index in [9.17, 15) is 26.4 Å². The molecule has 1 amide bonds. The summed E-state index contributed by atoms with van der Waals surface area (Å²) in [5.41, 5.74) is -0.236. The minimum Gasteiger partial charge on any atom is -0.489 e. The van der Waals surface area contributed by atoms with Gasteiger partial charge < -0.3 is 9.64 Å². The van der Waals surface area contributed by atoms with Crippen LogP contribution in [-0.2, 0) is 21.2 Å². The van der Waals surface area contributed by atoms with E-state index in [1.807, 2.05) is 0 Å². The summed E-state index contributed by atoms with van der Waals surface area (Å²) in [6.07, 6.45) is 0.888. The molecule has 0 unspecified atom stereocenters. The van der Waals surface area contributed by atoms with E-state index in [1.165, 1.54) is 35.2 Å². The maximum Gasteiger partial charge on any atom is 0.350 e. The highest BCUT2D eigenvalue weighted by atomic mass is 32.2. The molecule has 6 nitrogen and oxygen atoms in total. The molecule has 1 N–H and O–H groups in total. The number of amides is 1. The summed E-state index contributed by atoms with van der Waals surface area (Å²) >= 11 is 0. The summed E-state index contributed by atoms with van der Waals surface area (Å²) in [7, 11) is -4.94. The van der Waals surface area contributed by atoms with Gasteiger partial charge in [0.05, 0.1) is 19.1 Å². The van der Waals surface area contributed by atoms with E-state index in [1.54, 1.807) is 6.07 Å². The second-order valence-electron chi connectivity index (χ2n) is 9.05. The first-order valence-electron chi connectivity index (χ1n) is 10.9. The Morgan fingerprint density at radius 2 is 1.79 bits per heavy atom. The van der Waals surface area contributed by atoms with Gasteiger partial charge in [-0.2, -0.15) is 8.78 Å². The number of hydrogen-bond acceptors (Lipinski definition) is 4. The van der Waals surface area contributed by atoms with E-state index in [-0.39, 0.29) is 48.4 Å². The van der Waals surface area contributed by atoms with Crippen molar-refractivity contribution in [1.82, 2.24) is 9.62 Å². The van der Waals surface area contributed by atoms with Gasteiger partial charge in [-0.15, -0.1) is 0 Å². The van der Waals surface area contributed by atoms with Crippen molar-refractivity contribution in [1.29, 1.82) is 0 Å². The number of rotatable bonds is 3. The smallest absolute Gasteiger partial charge is 0.350 e. The van der Waals surface area contributed by atoms with Gasteiger partial charge in [-0.25, -0.2) is 21.9 Å². The minimum atomic E-state index is -4.94. The Morgan fingerprint density at radius 1 is 1.09 bits per heavy atom. The lowest BCUT2D eigenvalue weighted by Crippen LogP contribution is -2.51. The Kier molecular flexibility index (Phi) is 5.59. The number of benzene rings is 2. The van der Waals surface area contributed by atoms with Gasteiger partial charge in [-0.1, -0.05) is 30.3 Å². The van der Waals surface area contributed by atoms with Crippen molar-refractivity contribution in [2.45, 2.75) is 43.5 Å². The van der Waals surface area contributed by atoms with Crippen LogP contribution in [0.4, 0.5) is 17.6 Å². The molecule has 1 spiro atoms. The normalized spacial score (nSPS) is 23.7. The Labute approximate surface area is 193 Å². The quantitative estimate of drug-likeness (QED) is 0.658. The molecule has 11 heteroatoms. The monoisotopic (exact) mass is 498 g/mol. The van der Waals surface area contributed by atoms with E-state index in [4.69, 9.17) is 4.74 Å². The third-order valence-electron chi connectivity index (χ3n) is 7.00. The lowest BCUT2D eigenvalue weighted by atomic mass is 9.91. The zero-order valence-corrected chi connectivity index (χ0v) is 18.8. The van der Waals surface area contributed by atoms with E-state index in [0.29, 0.717) is 12.8 Å². The number of carbonyl (C=O) groups is 1. The second-order valence-corrected chi connectivity index (χ2v) is 10.7. The van der Waals surface area contributed by atoms with Gasteiger partial charge in [0.2, 0.25) is 5.91 Å². The van der Waals surface area contributed by atoms with Gasteiger partial charge in [0, 0.05) is 29.1 Å². The zero-order chi connectivity index (χ0) is 24.3. The van der Waals surface area contributed by atoms with Crippen LogP contribution in [-0.4, -0.2) is 50.2 Å². The predicted octanol–water partition coefficient (Wildman–Crippen LogP) is 3.46. The van der Waals surface area contributed by atoms with E-state index >= 15 is 4.39 Å². The zero-order valence-electron chi connectivity index (χ0n) is 17.9. The van der Waals surface area contributed by atoms with Crippen LogP contribution in [0.25, 0.3) is 11.1 Å². The number of para-hydroxylation sites is 1. The highest BCUT2D eigenvalue weighted by Gasteiger charge is 2.61. The number of fused-ring (bicyclic) bond motifs is 5. The maximum absolute atomic E-state index is 15.7. The molecule has 1 aliphatic carbocycles. The molecule has 5 rings (SSSR count). The molecule has 2 aromatic rings. The Hall–Kier alpha value is -2.66. The van der Waals surface area contributed by atoms with E-state index in [0.717, 1.165) is 0 Å². The van der Waals surface area contributed by atoms with Crippen LogP contribution in [0.1, 0.15) is 24.8 Å². The van der Waals surface area contributed by atoms with Gasteiger partial charge in [0.1, 0.15) is 5.82 Å². The topological polar surface area (TPSA) is 75.7 Å². The van der Waals surface area contributed by atoms with Crippen LogP contribution in [0.15, 0.2) is 36.4 Å². The highest BCUT2D eigenvalue weighted by Crippen LogP contribution is 2.56. The average molecular weight is 498 g/mol. The molecule has 182 valence electrons. The molecule has 2 fully saturated rings. The van der Waals surface area contributed by atoms with Crippen LogP contribution < -0.4 is 9.46 Å². The molecule has 2 aliphatic heterocycles. The number of halogens is 4. The summed E-state index contributed by atoms with van der Waals surface area (Å²) < 4.78 is 88.3. The van der Waals surface area contributed by atoms with Crippen molar-refractivity contribution in [2.75, 3.05) is 13.2 Å². The molecule has 2 aromatic carbocycles. The van der Waals surface area contributed by atoms with Crippen LogP contribution in [0.2, 0.25) is 0 Å². The van der Waals surface area contributed by atoms with Crippen molar-refractivity contribution >= 4 is 15.9 Å². The SMILES string of the molecule is O=C1CCOc2c(F)cccc2-c2cccc(c2F)C[C@H]2[C@@H](NS(=O)(=O)C(F)F)C3(CC3)CN12. The Morgan fingerprint density at radius 3 is 2.50 bits per heavy atom. The van der Waals surface area contributed by atoms with Crippen LogP contribution in [0.3, 0.4) is 0 Å². The van der Waals surface area contributed by atoms with Gasteiger partial charge >= 0.3 is 5.76 Å². The third kappa shape index (κ3) is 3.84. The molecule has 2 heterocycles. The molecule has 34 heavy (non-hydrogen) atoms. The Bertz CT molecular complexity index is 1250. The number of alkyl halides is 2. The lowest BCUT2D eigenvalue weighted by molar-refractivity contribution is -0.132. The molecule has 1 saturated carbocycles. The molecule has 1 saturated heterocycles. The van der Waals surface area contributed by atoms with Gasteiger partial charge in [-0.05, 0) is 30.9 Å². The number of nitrogens with zero attached hydrogens (tertiary/aromatic N) is 1. The molecular formula is C23H22F4N2O4S. The first kappa shape index (κ1) is 23.1. The van der Waals surface area contributed by atoms with Crippen molar-refractivity contribution in [3.63, 3.8) is 0 Å². The summed E-state index contributed by atoms with van der Waals surface area (Å²) in [5.74, 6) is -5.54. The molecular weight excluding hydrogens is 476 g/mol.